The fraction of sp³-hybridized carbons (Fsp3) is 0.600. The van der Waals surface area contributed by atoms with Gasteiger partial charge >= 0.3 is 0 Å². The summed E-state index contributed by atoms with van der Waals surface area (Å²) in [6, 6.07) is 4.18. The summed E-state index contributed by atoms with van der Waals surface area (Å²) < 4.78 is 5.17. The van der Waals surface area contributed by atoms with E-state index < -0.39 is 0 Å². The predicted molar refractivity (Wildman–Crippen MR) is 57.1 cm³/mol. The molecule has 1 aliphatic carbocycles. The molecule has 0 radical (unpaired) electrons. The third-order valence-corrected chi connectivity index (χ3v) is 4.30. The molecule has 0 bridgehead atoms. The Kier molecular flexibility index (Phi) is 2.80. The zero-order valence-corrected chi connectivity index (χ0v) is 9.20. The molecule has 1 heterocycles. The van der Waals surface area contributed by atoms with Crippen molar-refractivity contribution in [2.24, 2.45) is 0 Å². The lowest BCUT2D eigenvalue weighted by atomic mass is 10.1. The molecule has 2 unspecified atom stereocenters. The maximum atomic E-state index is 6.23. The van der Waals surface area contributed by atoms with Crippen molar-refractivity contribution < 1.29 is 4.74 Å². The molecule has 13 heavy (non-hydrogen) atoms. The largest absolute Gasteiger partial charge is 0.487 e. The van der Waals surface area contributed by atoms with Gasteiger partial charge in [0.25, 0.3) is 0 Å². The summed E-state index contributed by atoms with van der Waals surface area (Å²) in [6.07, 6.45) is 3.66. The number of halogens is 1. The molecular weight excluding hydrogens is 204 g/mol. The van der Waals surface area contributed by atoms with Gasteiger partial charge in [0.05, 0.1) is 7.11 Å². The third-order valence-electron chi connectivity index (χ3n) is 2.60. The van der Waals surface area contributed by atoms with Crippen molar-refractivity contribution in [1.29, 1.82) is 0 Å². The van der Waals surface area contributed by atoms with Crippen molar-refractivity contribution in [2.75, 3.05) is 7.11 Å². The van der Waals surface area contributed by atoms with Gasteiger partial charge in [-0.15, -0.1) is 22.9 Å². The molecular formula is C10H13ClOS. The second-order valence-corrected chi connectivity index (χ2v) is 5.05. The molecule has 0 amide bonds. The summed E-state index contributed by atoms with van der Waals surface area (Å²) in [7, 11) is 1.71. The van der Waals surface area contributed by atoms with Crippen LogP contribution in [0, 0.1) is 0 Å². The van der Waals surface area contributed by atoms with E-state index in [0.29, 0.717) is 11.3 Å². The molecule has 0 spiro atoms. The number of rotatable bonds is 2. The summed E-state index contributed by atoms with van der Waals surface area (Å²) >= 11 is 7.96. The number of hydrogen-bond acceptors (Lipinski definition) is 2. The standard InChI is InChI=1S/C10H13ClOS/c1-12-10-6-5-9(13-10)7-3-2-4-8(7)11/h5-8H,2-4H2,1H3. The summed E-state index contributed by atoms with van der Waals surface area (Å²) in [5.74, 6) is 0.565. The van der Waals surface area contributed by atoms with Gasteiger partial charge in [0, 0.05) is 16.2 Å². The zero-order chi connectivity index (χ0) is 9.26. The van der Waals surface area contributed by atoms with Crippen molar-refractivity contribution in [3.63, 3.8) is 0 Å². The van der Waals surface area contributed by atoms with E-state index in [1.165, 1.54) is 17.7 Å². The predicted octanol–water partition coefficient (Wildman–Crippen LogP) is 3.63. The lowest BCUT2D eigenvalue weighted by molar-refractivity contribution is 0.427. The maximum Gasteiger partial charge on any atom is 0.173 e. The summed E-state index contributed by atoms with van der Waals surface area (Å²) in [6.45, 7) is 0. The highest BCUT2D eigenvalue weighted by atomic mass is 35.5. The van der Waals surface area contributed by atoms with E-state index in [1.807, 2.05) is 6.07 Å². The minimum atomic E-state index is 0.336. The van der Waals surface area contributed by atoms with Crippen molar-refractivity contribution in [3.05, 3.63) is 17.0 Å². The first-order chi connectivity index (χ1) is 6.31. The summed E-state index contributed by atoms with van der Waals surface area (Å²) in [5.41, 5.74) is 0. The number of thiophene rings is 1. The van der Waals surface area contributed by atoms with E-state index in [1.54, 1.807) is 18.4 Å². The van der Waals surface area contributed by atoms with Crippen molar-refractivity contribution in [3.8, 4) is 5.06 Å². The Morgan fingerprint density at radius 2 is 2.31 bits per heavy atom. The number of methoxy groups -OCH3 is 1. The minimum Gasteiger partial charge on any atom is -0.487 e. The quantitative estimate of drug-likeness (QED) is 0.686. The highest BCUT2D eigenvalue weighted by molar-refractivity contribution is 7.13. The monoisotopic (exact) mass is 216 g/mol. The Balaban J connectivity index is 2.15. The van der Waals surface area contributed by atoms with Gasteiger partial charge in [-0.05, 0) is 25.0 Å². The van der Waals surface area contributed by atoms with Crippen LogP contribution in [0.3, 0.4) is 0 Å². The Morgan fingerprint density at radius 1 is 1.46 bits per heavy atom. The molecule has 2 rings (SSSR count). The zero-order valence-electron chi connectivity index (χ0n) is 7.63. The maximum absolute atomic E-state index is 6.23. The van der Waals surface area contributed by atoms with Crippen LogP contribution in [0.1, 0.15) is 30.1 Å². The van der Waals surface area contributed by atoms with E-state index in [0.717, 1.165) is 11.5 Å². The second kappa shape index (κ2) is 3.89. The molecule has 2 atom stereocenters. The van der Waals surface area contributed by atoms with E-state index in [-0.39, 0.29) is 0 Å². The highest BCUT2D eigenvalue weighted by Gasteiger charge is 2.27. The first kappa shape index (κ1) is 9.35. The van der Waals surface area contributed by atoms with Gasteiger partial charge in [-0.2, -0.15) is 0 Å². The van der Waals surface area contributed by atoms with Gasteiger partial charge in [0.15, 0.2) is 5.06 Å². The molecule has 0 N–H and O–H groups in total. The number of hydrogen-bond donors (Lipinski definition) is 0. The Morgan fingerprint density at radius 3 is 2.85 bits per heavy atom. The lowest BCUT2D eigenvalue weighted by Crippen LogP contribution is -2.02. The van der Waals surface area contributed by atoms with Gasteiger partial charge in [0.2, 0.25) is 0 Å². The van der Waals surface area contributed by atoms with Gasteiger partial charge in [0.1, 0.15) is 0 Å². The first-order valence-electron chi connectivity index (χ1n) is 4.59. The van der Waals surface area contributed by atoms with Crippen LogP contribution in [0.15, 0.2) is 12.1 Å². The molecule has 1 nitrogen and oxygen atoms in total. The van der Waals surface area contributed by atoms with Crippen molar-refractivity contribution >= 4 is 22.9 Å². The molecule has 1 aromatic heterocycles. The highest BCUT2D eigenvalue weighted by Crippen LogP contribution is 2.42. The summed E-state index contributed by atoms with van der Waals surface area (Å²) in [4.78, 5) is 1.38. The van der Waals surface area contributed by atoms with Crippen molar-refractivity contribution in [1.82, 2.24) is 0 Å². The van der Waals surface area contributed by atoms with E-state index in [9.17, 15) is 0 Å². The molecule has 0 aromatic carbocycles. The molecule has 0 saturated heterocycles. The molecule has 72 valence electrons. The number of alkyl halides is 1. The van der Waals surface area contributed by atoms with Crippen LogP contribution in [-0.4, -0.2) is 12.5 Å². The Labute approximate surface area is 87.7 Å². The van der Waals surface area contributed by atoms with Crippen LogP contribution in [0.25, 0.3) is 0 Å². The number of ether oxygens (including phenoxy) is 1. The average Bonchev–Trinajstić information content (AvgIpc) is 2.71. The molecule has 1 saturated carbocycles. The smallest absolute Gasteiger partial charge is 0.173 e. The van der Waals surface area contributed by atoms with Crippen molar-refractivity contribution in [2.45, 2.75) is 30.6 Å². The second-order valence-electron chi connectivity index (χ2n) is 3.41. The minimum absolute atomic E-state index is 0.336. The van der Waals surface area contributed by atoms with Crippen LogP contribution in [0.4, 0.5) is 0 Å². The van der Waals surface area contributed by atoms with E-state index in [2.05, 4.69) is 6.07 Å². The molecule has 0 aliphatic heterocycles. The lowest BCUT2D eigenvalue weighted by Gasteiger charge is -2.10. The van der Waals surface area contributed by atoms with E-state index in [4.69, 9.17) is 16.3 Å². The first-order valence-corrected chi connectivity index (χ1v) is 5.84. The topological polar surface area (TPSA) is 9.23 Å². The Bertz CT molecular complexity index is 284. The fourth-order valence-electron chi connectivity index (χ4n) is 1.88. The Hall–Kier alpha value is -0.210. The van der Waals surface area contributed by atoms with Crippen LogP contribution in [0.2, 0.25) is 0 Å². The fourth-order valence-corrected chi connectivity index (χ4v) is 3.39. The SMILES string of the molecule is COc1ccc(C2CCCC2Cl)s1. The molecule has 1 fully saturated rings. The van der Waals surface area contributed by atoms with Gasteiger partial charge < -0.3 is 4.74 Å². The van der Waals surface area contributed by atoms with Gasteiger partial charge in [-0.1, -0.05) is 6.42 Å². The molecule has 1 aliphatic rings. The summed E-state index contributed by atoms with van der Waals surface area (Å²) in [5, 5.41) is 1.33. The normalized spacial score (nSPS) is 27.8. The third kappa shape index (κ3) is 1.84. The van der Waals surface area contributed by atoms with Crippen LogP contribution >= 0.6 is 22.9 Å². The molecule has 1 aromatic rings. The average molecular weight is 217 g/mol. The molecule has 3 heteroatoms. The van der Waals surface area contributed by atoms with Crippen LogP contribution in [-0.2, 0) is 0 Å². The van der Waals surface area contributed by atoms with Crippen LogP contribution in [0.5, 0.6) is 5.06 Å². The van der Waals surface area contributed by atoms with Gasteiger partial charge in [-0.3, -0.25) is 0 Å². The van der Waals surface area contributed by atoms with Gasteiger partial charge in [-0.25, -0.2) is 0 Å². The van der Waals surface area contributed by atoms with Crippen LogP contribution < -0.4 is 4.74 Å². The van der Waals surface area contributed by atoms with E-state index >= 15 is 0 Å².